The Balaban J connectivity index is 0.00000323. The second-order valence-electron chi connectivity index (χ2n) is 9.54. The first-order chi connectivity index (χ1) is 18.9. The van der Waals surface area contributed by atoms with Crippen LogP contribution in [0.2, 0.25) is 0 Å². The molecule has 2 aliphatic heterocycles. The van der Waals surface area contributed by atoms with Crippen molar-refractivity contribution in [2.45, 2.75) is 31.5 Å². The van der Waals surface area contributed by atoms with Crippen molar-refractivity contribution in [3.8, 4) is 0 Å². The van der Waals surface area contributed by atoms with Gasteiger partial charge in [0.2, 0.25) is 5.43 Å². The molecule has 2 unspecified atom stereocenters. The van der Waals surface area contributed by atoms with Gasteiger partial charge in [0.25, 0.3) is 0 Å². The highest BCUT2D eigenvalue weighted by Crippen LogP contribution is 2.34. The van der Waals surface area contributed by atoms with Crippen LogP contribution in [0.25, 0.3) is 10.9 Å². The number of hydrogen-bond donors (Lipinski definition) is 0. The topological polar surface area (TPSA) is 116 Å². The average Bonchev–Trinajstić information content (AvgIpc) is 3.73. The Morgan fingerprint density at radius 2 is 1.70 bits per heavy atom. The molecule has 0 saturated carbocycles. The zero-order valence-electron chi connectivity index (χ0n) is 21.1. The first-order valence-electron chi connectivity index (χ1n) is 12.5. The number of hydrogen-bond acceptors (Lipinski definition) is 9. The largest absolute Gasteiger partial charge is 0.364 e. The van der Waals surface area contributed by atoms with Crippen LogP contribution in [0.4, 0.5) is 18.9 Å². The Morgan fingerprint density at radius 3 is 2.35 bits per heavy atom. The summed E-state index contributed by atoms with van der Waals surface area (Å²) in [6.45, 7) is 0.0694. The molecule has 2 atom stereocenters. The molecule has 0 spiro atoms. The van der Waals surface area contributed by atoms with Crippen LogP contribution >= 0.6 is 12.4 Å². The molecule has 0 N–H and O–H groups in total. The molecule has 1 aromatic carbocycles. The van der Waals surface area contributed by atoms with E-state index < -0.39 is 35.3 Å². The monoisotopic (exact) mass is 579 g/mol. The molecule has 2 aliphatic rings. The number of hydroxylamine groups is 2. The van der Waals surface area contributed by atoms with Crippen LogP contribution < -0.4 is 10.3 Å². The summed E-state index contributed by atoms with van der Waals surface area (Å²) in [5.41, 5.74) is -1.94. The minimum Gasteiger partial charge on any atom is -0.364 e. The average molecular weight is 580 g/mol. The molecule has 4 aromatic rings. The Hall–Kier alpha value is -3.98. The number of carbonyl (C=O) groups is 1. The minimum absolute atomic E-state index is 0. The number of fused-ring (bicyclic) bond motifs is 1. The quantitative estimate of drug-likeness (QED) is 0.325. The fourth-order valence-electron chi connectivity index (χ4n) is 5.34. The van der Waals surface area contributed by atoms with E-state index in [1.807, 2.05) is 0 Å². The smallest absolute Gasteiger partial charge is 0.362 e. The number of carbonyl (C=O) groups excluding carboxylic acids is 1. The van der Waals surface area contributed by atoms with E-state index in [9.17, 15) is 14.0 Å². The minimum atomic E-state index is -0.995. The van der Waals surface area contributed by atoms with Gasteiger partial charge in [0.15, 0.2) is 5.82 Å². The lowest BCUT2D eigenvalue weighted by Crippen LogP contribution is -2.30. The van der Waals surface area contributed by atoms with Crippen molar-refractivity contribution < 1.29 is 22.8 Å². The predicted octanol–water partition coefficient (Wildman–Crippen LogP) is 2.32. The fourth-order valence-corrected chi connectivity index (χ4v) is 5.34. The summed E-state index contributed by atoms with van der Waals surface area (Å²) in [6.07, 6.45) is 8.73. The van der Waals surface area contributed by atoms with Gasteiger partial charge in [0.05, 0.1) is 48.5 Å². The molecular formula is C24H25ClF3N9O3. The Bertz CT molecular complexity index is 1570. The van der Waals surface area contributed by atoms with E-state index in [-0.39, 0.29) is 54.2 Å². The molecule has 5 heterocycles. The van der Waals surface area contributed by atoms with E-state index in [1.54, 1.807) is 28.0 Å². The summed E-state index contributed by atoms with van der Waals surface area (Å²) in [5.74, 6) is -2.94. The first-order valence-corrected chi connectivity index (χ1v) is 12.5. The van der Waals surface area contributed by atoms with E-state index >= 15 is 8.78 Å². The number of pyridine rings is 1. The number of nitrogens with zero attached hydrogens (tertiary/aromatic N) is 9. The predicted molar refractivity (Wildman–Crippen MR) is 138 cm³/mol. The number of aryl methyl sites for hydroxylation is 1. The molecule has 3 aromatic heterocycles. The summed E-state index contributed by atoms with van der Waals surface area (Å²) < 4.78 is 49.2. The maximum absolute atomic E-state index is 15.9. The van der Waals surface area contributed by atoms with E-state index in [4.69, 9.17) is 4.84 Å². The van der Waals surface area contributed by atoms with Crippen molar-refractivity contribution in [1.29, 1.82) is 0 Å². The first kappa shape index (κ1) is 27.6. The third-order valence-electron chi connectivity index (χ3n) is 7.22. The molecule has 0 bridgehead atoms. The van der Waals surface area contributed by atoms with E-state index in [0.717, 1.165) is 16.8 Å². The zero-order chi connectivity index (χ0) is 27.1. The van der Waals surface area contributed by atoms with Crippen LogP contribution in [0.1, 0.15) is 35.3 Å². The van der Waals surface area contributed by atoms with Gasteiger partial charge in [-0.25, -0.2) is 27.3 Å². The standard InChI is InChI=1S/C24H24F3N9O3.ClH/c25-3-8-33-14-18(24(38)39-34-7-2-16(13-34)36-10-5-29-31-36)23(37)17-11-19(26)22(20(27)21(17)33)32-6-1-15(12-32)35-9-4-28-30-35;/h4-5,9-11,14-16H,1-3,6-8,12-13H2;1H. The summed E-state index contributed by atoms with van der Waals surface area (Å²) in [5, 5.41) is 16.5. The van der Waals surface area contributed by atoms with Gasteiger partial charge in [-0.2, -0.15) is 0 Å². The van der Waals surface area contributed by atoms with Crippen LogP contribution in [-0.2, 0) is 11.4 Å². The van der Waals surface area contributed by atoms with Crippen LogP contribution in [0.3, 0.4) is 0 Å². The molecule has 6 rings (SSSR count). The Labute approximate surface area is 231 Å². The Kier molecular flexibility index (Phi) is 7.76. The second-order valence-corrected chi connectivity index (χ2v) is 9.54. The van der Waals surface area contributed by atoms with Crippen molar-refractivity contribution in [1.82, 2.24) is 39.6 Å². The summed E-state index contributed by atoms with van der Waals surface area (Å²) in [6, 6.07) is 0.694. The van der Waals surface area contributed by atoms with Crippen LogP contribution in [-0.4, -0.2) is 78.4 Å². The highest BCUT2D eigenvalue weighted by Gasteiger charge is 2.32. The molecule has 0 radical (unpaired) electrons. The molecule has 12 nitrogen and oxygen atoms in total. The van der Waals surface area contributed by atoms with Gasteiger partial charge in [-0.05, 0) is 18.9 Å². The van der Waals surface area contributed by atoms with Gasteiger partial charge < -0.3 is 14.3 Å². The highest BCUT2D eigenvalue weighted by atomic mass is 35.5. The number of anilines is 1. The molecule has 16 heteroatoms. The van der Waals surface area contributed by atoms with Gasteiger partial charge in [-0.3, -0.25) is 4.79 Å². The molecule has 0 aliphatic carbocycles. The molecule has 40 heavy (non-hydrogen) atoms. The molecular weight excluding hydrogens is 555 g/mol. The third-order valence-corrected chi connectivity index (χ3v) is 7.22. The zero-order valence-corrected chi connectivity index (χ0v) is 21.9. The van der Waals surface area contributed by atoms with Crippen LogP contribution in [0.15, 0.2) is 41.8 Å². The molecule has 212 valence electrons. The van der Waals surface area contributed by atoms with Crippen molar-refractivity contribution in [2.24, 2.45) is 0 Å². The van der Waals surface area contributed by atoms with Gasteiger partial charge in [-0.15, -0.1) is 27.7 Å². The van der Waals surface area contributed by atoms with Gasteiger partial charge in [-0.1, -0.05) is 10.4 Å². The summed E-state index contributed by atoms with van der Waals surface area (Å²) >= 11 is 0. The number of alkyl halides is 1. The lowest BCUT2D eigenvalue weighted by Gasteiger charge is -2.22. The normalized spacial score (nSPS) is 19.3. The SMILES string of the molecule is Cl.O=C(ON1CCC(n2ccnn2)C1)c1cn(CCF)c2c(F)c(N3CCC(n4ccnn4)C3)c(F)cc2c1=O. The summed E-state index contributed by atoms with van der Waals surface area (Å²) in [7, 11) is 0. The van der Waals surface area contributed by atoms with Gasteiger partial charge in [0, 0.05) is 38.2 Å². The van der Waals surface area contributed by atoms with E-state index in [2.05, 4.69) is 20.6 Å². The van der Waals surface area contributed by atoms with Gasteiger partial charge >= 0.3 is 5.97 Å². The van der Waals surface area contributed by atoms with Crippen molar-refractivity contribution in [2.75, 3.05) is 37.8 Å². The lowest BCUT2D eigenvalue weighted by molar-refractivity contribution is -0.0951. The van der Waals surface area contributed by atoms with Crippen LogP contribution in [0, 0.1) is 11.6 Å². The molecule has 2 fully saturated rings. The maximum Gasteiger partial charge on any atom is 0.362 e. The number of rotatable bonds is 7. The summed E-state index contributed by atoms with van der Waals surface area (Å²) in [4.78, 5) is 33.2. The number of benzene rings is 1. The van der Waals surface area contributed by atoms with Crippen molar-refractivity contribution >= 4 is 35.0 Å². The maximum atomic E-state index is 15.9. The lowest BCUT2D eigenvalue weighted by atomic mass is 10.1. The molecule has 2 saturated heterocycles. The molecule has 0 amide bonds. The number of halogens is 4. The van der Waals surface area contributed by atoms with Crippen molar-refractivity contribution in [3.05, 3.63) is 64.5 Å². The van der Waals surface area contributed by atoms with Gasteiger partial charge in [0.1, 0.15) is 23.7 Å². The van der Waals surface area contributed by atoms with Crippen LogP contribution in [0.5, 0.6) is 0 Å². The Morgan fingerprint density at radius 1 is 1.02 bits per heavy atom. The third kappa shape index (κ3) is 4.90. The van der Waals surface area contributed by atoms with E-state index in [1.165, 1.54) is 16.2 Å². The van der Waals surface area contributed by atoms with E-state index in [0.29, 0.717) is 32.5 Å². The highest BCUT2D eigenvalue weighted by molar-refractivity contribution is 5.94. The number of aromatic nitrogens is 7. The second kappa shape index (κ2) is 11.3. The van der Waals surface area contributed by atoms with Crippen molar-refractivity contribution in [3.63, 3.8) is 0 Å². The fraction of sp³-hybridized carbons (Fsp3) is 0.417.